The summed E-state index contributed by atoms with van der Waals surface area (Å²) in [5.41, 5.74) is 4.70. The van der Waals surface area contributed by atoms with Gasteiger partial charge in [-0.15, -0.1) is 0 Å². The summed E-state index contributed by atoms with van der Waals surface area (Å²) in [4.78, 5) is 12.8. The van der Waals surface area contributed by atoms with Crippen LogP contribution in [0.15, 0.2) is 109 Å². The number of carbonyl (C=O) groups is 1. The molecule has 0 fully saturated rings. The molecule has 0 bridgehead atoms. The Kier molecular flexibility index (Phi) is 7.74. The second-order valence-electron chi connectivity index (χ2n) is 7.77. The highest BCUT2D eigenvalue weighted by molar-refractivity contribution is 6.00. The molecule has 4 aromatic rings. The summed E-state index contributed by atoms with van der Waals surface area (Å²) in [6.07, 6.45) is 1.65. The van der Waals surface area contributed by atoms with E-state index in [-0.39, 0.29) is 5.91 Å². The van der Waals surface area contributed by atoms with E-state index in [1.54, 1.807) is 0 Å². The van der Waals surface area contributed by atoms with Gasteiger partial charge in [0.2, 0.25) is 0 Å². The number of para-hydroxylation sites is 1. The number of hydrogen-bond donors (Lipinski definition) is 2. The number of benzene rings is 4. The van der Waals surface area contributed by atoms with Gasteiger partial charge in [-0.1, -0.05) is 78.9 Å². The maximum absolute atomic E-state index is 12.8. The number of anilines is 2. The van der Waals surface area contributed by atoms with Crippen molar-refractivity contribution in [3.8, 4) is 5.75 Å². The van der Waals surface area contributed by atoms with E-state index in [9.17, 15) is 4.79 Å². The van der Waals surface area contributed by atoms with Crippen molar-refractivity contribution >= 4 is 17.3 Å². The highest BCUT2D eigenvalue weighted by atomic mass is 16.5. The lowest BCUT2D eigenvalue weighted by Crippen LogP contribution is -2.26. The van der Waals surface area contributed by atoms with Gasteiger partial charge in [-0.25, -0.2) is 0 Å². The highest BCUT2D eigenvalue weighted by Gasteiger charge is 2.11. The van der Waals surface area contributed by atoms with Gasteiger partial charge in [0.1, 0.15) is 5.75 Å². The van der Waals surface area contributed by atoms with Crippen molar-refractivity contribution < 1.29 is 9.53 Å². The van der Waals surface area contributed by atoms with Gasteiger partial charge in [0.15, 0.2) is 0 Å². The summed E-state index contributed by atoms with van der Waals surface area (Å²) in [6.45, 7) is 1.19. The topological polar surface area (TPSA) is 50.4 Å². The number of amides is 1. The molecule has 166 valence electrons. The standard InChI is InChI=1S/C29H28N2O2/c32-29(30-20-18-23-10-3-1-4-11-23)27-16-7-8-17-28(27)31-25-14-9-15-26(22-25)33-21-19-24-12-5-2-6-13-24/h1-17,22,31H,18-21H2,(H,30,32). The SMILES string of the molecule is O=C(NCCc1ccccc1)c1ccccc1Nc1cccc(OCCc2ccccc2)c1. The summed E-state index contributed by atoms with van der Waals surface area (Å²) >= 11 is 0. The highest BCUT2D eigenvalue weighted by Crippen LogP contribution is 2.24. The first kappa shape index (κ1) is 22.2. The van der Waals surface area contributed by atoms with Gasteiger partial charge in [-0.2, -0.15) is 0 Å². The van der Waals surface area contributed by atoms with Crippen LogP contribution >= 0.6 is 0 Å². The molecule has 4 aromatic carbocycles. The molecule has 0 atom stereocenters. The number of ether oxygens (including phenoxy) is 1. The fourth-order valence-electron chi connectivity index (χ4n) is 3.60. The lowest BCUT2D eigenvalue weighted by Gasteiger charge is -2.14. The lowest BCUT2D eigenvalue weighted by atomic mass is 10.1. The molecule has 0 aliphatic rings. The average Bonchev–Trinajstić information content (AvgIpc) is 2.86. The Morgan fingerprint density at radius 2 is 1.36 bits per heavy atom. The van der Waals surface area contributed by atoms with Crippen LogP contribution in [-0.2, 0) is 12.8 Å². The Morgan fingerprint density at radius 3 is 2.12 bits per heavy atom. The van der Waals surface area contributed by atoms with Gasteiger partial charge in [-0.3, -0.25) is 4.79 Å². The Morgan fingerprint density at radius 1 is 0.697 bits per heavy atom. The zero-order chi connectivity index (χ0) is 22.7. The first-order valence-electron chi connectivity index (χ1n) is 11.2. The molecular formula is C29H28N2O2. The minimum Gasteiger partial charge on any atom is -0.493 e. The zero-order valence-corrected chi connectivity index (χ0v) is 18.5. The maximum Gasteiger partial charge on any atom is 0.253 e. The Balaban J connectivity index is 1.35. The molecule has 1 amide bonds. The van der Waals surface area contributed by atoms with E-state index in [2.05, 4.69) is 34.9 Å². The third kappa shape index (κ3) is 6.71. The molecule has 0 aromatic heterocycles. The van der Waals surface area contributed by atoms with Gasteiger partial charge in [-0.05, 0) is 41.8 Å². The summed E-state index contributed by atoms with van der Waals surface area (Å²) in [6, 6.07) is 35.8. The number of nitrogens with one attached hydrogen (secondary N) is 2. The molecule has 0 spiro atoms. The van der Waals surface area contributed by atoms with E-state index in [0.717, 1.165) is 30.0 Å². The van der Waals surface area contributed by atoms with Gasteiger partial charge in [0.05, 0.1) is 17.9 Å². The lowest BCUT2D eigenvalue weighted by molar-refractivity contribution is 0.0955. The van der Waals surface area contributed by atoms with E-state index < -0.39 is 0 Å². The van der Waals surface area contributed by atoms with Crippen LogP contribution in [0.3, 0.4) is 0 Å². The normalized spacial score (nSPS) is 10.4. The number of rotatable bonds is 10. The van der Waals surface area contributed by atoms with Crippen molar-refractivity contribution in [1.82, 2.24) is 5.32 Å². The third-order valence-electron chi connectivity index (χ3n) is 5.33. The molecule has 0 heterocycles. The van der Waals surface area contributed by atoms with E-state index >= 15 is 0 Å². The van der Waals surface area contributed by atoms with Crippen molar-refractivity contribution in [1.29, 1.82) is 0 Å². The molecule has 4 nitrogen and oxygen atoms in total. The van der Waals surface area contributed by atoms with E-state index in [0.29, 0.717) is 18.7 Å². The first-order chi connectivity index (χ1) is 16.3. The molecule has 4 heteroatoms. The van der Waals surface area contributed by atoms with Crippen molar-refractivity contribution in [3.05, 3.63) is 126 Å². The molecule has 0 saturated heterocycles. The quantitative estimate of drug-likeness (QED) is 0.319. The minimum atomic E-state index is -0.0932. The van der Waals surface area contributed by atoms with Crippen LogP contribution in [-0.4, -0.2) is 19.1 Å². The molecule has 4 rings (SSSR count). The monoisotopic (exact) mass is 436 g/mol. The van der Waals surface area contributed by atoms with Crippen molar-refractivity contribution in [3.63, 3.8) is 0 Å². The van der Waals surface area contributed by atoms with Crippen molar-refractivity contribution in [2.45, 2.75) is 12.8 Å². The minimum absolute atomic E-state index is 0.0932. The van der Waals surface area contributed by atoms with Crippen molar-refractivity contribution in [2.75, 3.05) is 18.5 Å². The Labute approximate surface area is 195 Å². The van der Waals surface area contributed by atoms with E-state index in [1.807, 2.05) is 84.9 Å². The third-order valence-corrected chi connectivity index (χ3v) is 5.33. The van der Waals surface area contributed by atoms with Crippen LogP contribution in [0, 0.1) is 0 Å². The van der Waals surface area contributed by atoms with Crippen LogP contribution in [0.25, 0.3) is 0 Å². The zero-order valence-electron chi connectivity index (χ0n) is 18.5. The largest absolute Gasteiger partial charge is 0.493 e. The average molecular weight is 437 g/mol. The maximum atomic E-state index is 12.8. The molecule has 33 heavy (non-hydrogen) atoms. The Hall–Kier alpha value is -4.05. The van der Waals surface area contributed by atoms with Crippen LogP contribution < -0.4 is 15.4 Å². The summed E-state index contributed by atoms with van der Waals surface area (Å²) in [5, 5.41) is 6.39. The molecule has 0 unspecified atom stereocenters. The fraction of sp³-hybridized carbons (Fsp3) is 0.138. The second kappa shape index (κ2) is 11.5. The smallest absolute Gasteiger partial charge is 0.253 e. The van der Waals surface area contributed by atoms with Crippen molar-refractivity contribution in [2.24, 2.45) is 0 Å². The first-order valence-corrected chi connectivity index (χ1v) is 11.2. The van der Waals surface area contributed by atoms with Gasteiger partial charge in [0, 0.05) is 24.7 Å². The predicted octanol–water partition coefficient (Wildman–Crippen LogP) is 6.02. The number of carbonyl (C=O) groups excluding carboxylic acids is 1. The van der Waals surface area contributed by atoms with Crippen LogP contribution in [0.1, 0.15) is 21.5 Å². The van der Waals surface area contributed by atoms with Crippen LogP contribution in [0.2, 0.25) is 0 Å². The summed E-state index contributed by atoms with van der Waals surface area (Å²) < 4.78 is 5.94. The van der Waals surface area contributed by atoms with Crippen LogP contribution in [0.5, 0.6) is 5.75 Å². The molecule has 2 N–H and O–H groups in total. The predicted molar refractivity (Wildman–Crippen MR) is 134 cm³/mol. The second-order valence-corrected chi connectivity index (χ2v) is 7.77. The molecule has 0 radical (unpaired) electrons. The van der Waals surface area contributed by atoms with Gasteiger partial charge in [0.25, 0.3) is 5.91 Å². The van der Waals surface area contributed by atoms with E-state index in [1.165, 1.54) is 11.1 Å². The van der Waals surface area contributed by atoms with E-state index in [4.69, 9.17) is 4.74 Å². The Bertz CT molecular complexity index is 1160. The van der Waals surface area contributed by atoms with Crippen LogP contribution in [0.4, 0.5) is 11.4 Å². The number of hydrogen-bond acceptors (Lipinski definition) is 3. The molecular weight excluding hydrogens is 408 g/mol. The summed E-state index contributed by atoms with van der Waals surface area (Å²) in [7, 11) is 0. The molecule has 0 aliphatic carbocycles. The summed E-state index contributed by atoms with van der Waals surface area (Å²) in [5.74, 6) is 0.699. The molecule has 0 aliphatic heterocycles. The molecule has 0 saturated carbocycles. The van der Waals surface area contributed by atoms with Gasteiger partial charge < -0.3 is 15.4 Å². The van der Waals surface area contributed by atoms with Gasteiger partial charge >= 0.3 is 0 Å². The fourth-order valence-corrected chi connectivity index (χ4v) is 3.60.